The van der Waals surface area contributed by atoms with E-state index in [0.717, 1.165) is 6.92 Å². The van der Waals surface area contributed by atoms with E-state index in [-0.39, 0.29) is 0 Å². The molecule has 0 rings (SSSR count). The van der Waals surface area contributed by atoms with E-state index in [1.165, 1.54) is 0 Å². The van der Waals surface area contributed by atoms with Crippen LogP contribution in [0.3, 0.4) is 0 Å². The summed E-state index contributed by atoms with van der Waals surface area (Å²) in [5.41, 5.74) is 0. The van der Waals surface area contributed by atoms with Crippen molar-refractivity contribution in [3.05, 3.63) is 11.5 Å². The van der Waals surface area contributed by atoms with Crippen LogP contribution in [0.2, 0.25) is 0 Å². The van der Waals surface area contributed by atoms with Gasteiger partial charge in [0, 0.05) is 0 Å². The molecule has 1 N–H and O–H groups in total. The molecule has 0 unspecified atom stereocenters. The quantitative estimate of drug-likeness (QED) is 0.504. The van der Waals surface area contributed by atoms with E-state index in [1.54, 1.807) is 0 Å². The fourth-order valence-corrected chi connectivity index (χ4v) is 0. The Labute approximate surface area is 42.4 Å². The van der Waals surface area contributed by atoms with Crippen molar-refractivity contribution in [3.63, 3.8) is 0 Å². The third-order valence-electron chi connectivity index (χ3n) is 0.407. The Kier molecular flexibility index (Phi) is 1.55. The molecule has 0 aliphatic carbocycles. The zero-order valence-corrected chi connectivity index (χ0v) is 4.57. The minimum atomic E-state index is -4.05. The van der Waals surface area contributed by atoms with Gasteiger partial charge in [-0.1, -0.05) is 0 Å². The Hall–Kier alpha value is -0.350. The van der Waals surface area contributed by atoms with Crippen molar-refractivity contribution in [1.82, 2.24) is 0 Å². The molecular formula is C3H5O3S. The first kappa shape index (κ1) is 6.65. The van der Waals surface area contributed by atoms with Gasteiger partial charge < -0.3 is 0 Å². The molecule has 0 heterocycles. The number of hydrogen-bond acceptors (Lipinski definition) is 2. The molecule has 0 aromatic rings. The molecule has 0 atom stereocenters. The Balaban J connectivity index is 4.43. The van der Waals surface area contributed by atoms with Gasteiger partial charge in [-0.05, 0) is 13.5 Å². The number of rotatable bonds is 1. The molecule has 0 spiro atoms. The van der Waals surface area contributed by atoms with Crippen LogP contribution in [-0.4, -0.2) is 13.0 Å². The average molecular weight is 121 g/mol. The highest BCUT2D eigenvalue weighted by Crippen LogP contribution is 1.94. The minimum Gasteiger partial charge on any atom is -0.282 e. The molecule has 0 aromatic carbocycles. The predicted molar refractivity (Wildman–Crippen MR) is 25.0 cm³/mol. The zero-order chi connectivity index (χ0) is 6.08. The Morgan fingerprint density at radius 2 is 1.86 bits per heavy atom. The summed E-state index contributed by atoms with van der Waals surface area (Å²) < 4.78 is 27.4. The molecular weight excluding hydrogens is 116 g/mol. The summed E-state index contributed by atoms with van der Waals surface area (Å²) in [7, 11) is -4.05. The smallest absolute Gasteiger partial charge is 0.282 e. The van der Waals surface area contributed by atoms with Crippen LogP contribution in [0.5, 0.6) is 0 Å². The molecule has 0 aromatic heterocycles. The van der Waals surface area contributed by atoms with Gasteiger partial charge in [0.1, 0.15) is 0 Å². The van der Waals surface area contributed by atoms with Gasteiger partial charge in [-0.3, -0.25) is 4.55 Å². The van der Waals surface area contributed by atoms with Crippen molar-refractivity contribution in [2.45, 2.75) is 6.92 Å². The molecule has 0 saturated carbocycles. The molecule has 0 bridgehead atoms. The lowest BCUT2D eigenvalue weighted by molar-refractivity contribution is 0.491. The summed E-state index contributed by atoms with van der Waals surface area (Å²) in [5, 5.41) is 0. The summed E-state index contributed by atoms with van der Waals surface area (Å²) in [4.78, 5) is -0.479. The largest absolute Gasteiger partial charge is 0.290 e. The SMILES string of the molecule is [CH]=C(C)S(=O)(=O)O. The van der Waals surface area contributed by atoms with Gasteiger partial charge in [-0.15, -0.1) is 0 Å². The zero-order valence-electron chi connectivity index (χ0n) is 3.75. The molecule has 0 saturated heterocycles. The number of hydrogen-bond donors (Lipinski definition) is 1. The lowest BCUT2D eigenvalue weighted by Crippen LogP contribution is -1.95. The van der Waals surface area contributed by atoms with Crippen LogP contribution in [0.25, 0.3) is 0 Å². The molecule has 3 nitrogen and oxygen atoms in total. The fourth-order valence-electron chi connectivity index (χ4n) is 0. The van der Waals surface area contributed by atoms with E-state index in [2.05, 4.69) is 6.58 Å². The third-order valence-corrected chi connectivity index (χ3v) is 1.22. The summed E-state index contributed by atoms with van der Waals surface area (Å²) in [6.07, 6.45) is 0. The molecule has 0 aliphatic rings. The Bertz CT molecular complexity index is 165. The first-order valence-corrected chi connectivity index (χ1v) is 2.95. The molecule has 0 fully saturated rings. The van der Waals surface area contributed by atoms with E-state index in [4.69, 9.17) is 4.55 Å². The first-order chi connectivity index (χ1) is 2.94. The van der Waals surface area contributed by atoms with Gasteiger partial charge >= 0.3 is 0 Å². The van der Waals surface area contributed by atoms with Gasteiger partial charge in [0.15, 0.2) is 0 Å². The van der Waals surface area contributed by atoms with Crippen molar-refractivity contribution in [2.24, 2.45) is 0 Å². The third kappa shape index (κ3) is 2.36. The molecule has 0 amide bonds. The summed E-state index contributed by atoms with van der Waals surface area (Å²) in [6, 6.07) is 0. The van der Waals surface area contributed by atoms with Gasteiger partial charge in [0.25, 0.3) is 10.1 Å². The van der Waals surface area contributed by atoms with Crippen LogP contribution in [0.4, 0.5) is 0 Å². The van der Waals surface area contributed by atoms with Crippen molar-refractivity contribution < 1.29 is 13.0 Å². The van der Waals surface area contributed by atoms with Gasteiger partial charge in [-0.25, -0.2) is 0 Å². The van der Waals surface area contributed by atoms with Crippen molar-refractivity contribution in [1.29, 1.82) is 0 Å². The minimum absolute atomic E-state index is 0.479. The van der Waals surface area contributed by atoms with E-state index >= 15 is 0 Å². The van der Waals surface area contributed by atoms with Crippen LogP contribution in [-0.2, 0) is 10.1 Å². The fraction of sp³-hybridized carbons (Fsp3) is 0.333. The van der Waals surface area contributed by atoms with E-state index in [9.17, 15) is 8.42 Å². The van der Waals surface area contributed by atoms with Crippen molar-refractivity contribution in [3.8, 4) is 0 Å². The molecule has 41 valence electrons. The van der Waals surface area contributed by atoms with Crippen molar-refractivity contribution >= 4 is 10.1 Å². The second kappa shape index (κ2) is 1.63. The lowest BCUT2D eigenvalue weighted by atomic mass is 10.8. The first-order valence-electron chi connectivity index (χ1n) is 1.51. The number of allylic oxidation sites excluding steroid dienone is 1. The summed E-state index contributed by atoms with van der Waals surface area (Å²) in [5.74, 6) is 0. The lowest BCUT2D eigenvalue weighted by Gasteiger charge is -1.85. The highest BCUT2D eigenvalue weighted by atomic mass is 32.2. The standard InChI is InChI=1S/C3H5O3S/c1-3(2)7(4,5)6/h1H,2H3,(H,4,5,6). The molecule has 0 aliphatic heterocycles. The predicted octanol–water partition coefficient (Wildman–Crippen LogP) is 0.211. The van der Waals surface area contributed by atoms with E-state index in [0.29, 0.717) is 0 Å². The highest BCUT2D eigenvalue weighted by Gasteiger charge is 2.01. The molecule has 1 radical (unpaired) electrons. The maximum atomic E-state index is 9.72. The van der Waals surface area contributed by atoms with Gasteiger partial charge in [-0.2, -0.15) is 8.42 Å². The van der Waals surface area contributed by atoms with E-state index < -0.39 is 15.0 Å². The maximum Gasteiger partial charge on any atom is 0.290 e. The van der Waals surface area contributed by atoms with Gasteiger partial charge in [0.05, 0.1) is 4.91 Å². The topological polar surface area (TPSA) is 54.4 Å². The second-order valence-electron chi connectivity index (χ2n) is 1.09. The Morgan fingerprint density at radius 1 is 1.71 bits per heavy atom. The van der Waals surface area contributed by atoms with Crippen LogP contribution >= 0.6 is 0 Å². The Morgan fingerprint density at radius 3 is 1.86 bits per heavy atom. The normalized spacial score (nSPS) is 11.1. The molecule has 4 heteroatoms. The maximum absolute atomic E-state index is 9.72. The van der Waals surface area contributed by atoms with Gasteiger partial charge in [0.2, 0.25) is 0 Å². The summed E-state index contributed by atoms with van der Waals surface area (Å²) >= 11 is 0. The summed E-state index contributed by atoms with van der Waals surface area (Å²) in [6.45, 7) is 5.75. The van der Waals surface area contributed by atoms with Crippen molar-refractivity contribution in [2.75, 3.05) is 0 Å². The monoisotopic (exact) mass is 121 g/mol. The van der Waals surface area contributed by atoms with Crippen LogP contribution < -0.4 is 0 Å². The van der Waals surface area contributed by atoms with Crippen LogP contribution in [0.1, 0.15) is 6.92 Å². The molecule has 7 heavy (non-hydrogen) atoms. The average Bonchev–Trinajstić information content (AvgIpc) is 1.31. The highest BCUT2D eigenvalue weighted by molar-refractivity contribution is 7.89. The van der Waals surface area contributed by atoms with Crippen LogP contribution in [0.15, 0.2) is 4.91 Å². The van der Waals surface area contributed by atoms with E-state index in [1.807, 2.05) is 0 Å². The van der Waals surface area contributed by atoms with Crippen LogP contribution in [0, 0.1) is 6.58 Å². The second-order valence-corrected chi connectivity index (χ2v) is 2.68.